The van der Waals surface area contributed by atoms with Crippen molar-refractivity contribution in [1.29, 1.82) is 0 Å². The zero-order valence-electron chi connectivity index (χ0n) is 18.8. The lowest BCUT2D eigenvalue weighted by Crippen LogP contribution is -2.31. The van der Waals surface area contributed by atoms with Crippen LogP contribution in [-0.2, 0) is 4.74 Å². The zero-order chi connectivity index (χ0) is 23.7. The molecule has 1 aliphatic rings. The molecular formula is C24H24ClNO7. The molecule has 8 nitrogen and oxygen atoms in total. The van der Waals surface area contributed by atoms with Gasteiger partial charge in [-0.2, -0.15) is 0 Å². The topological polar surface area (TPSA) is 87.4 Å². The van der Waals surface area contributed by atoms with Gasteiger partial charge in [-0.15, -0.1) is 0 Å². The third-order valence-electron chi connectivity index (χ3n) is 5.68. The van der Waals surface area contributed by atoms with Crippen molar-refractivity contribution in [3.8, 4) is 17.2 Å². The summed E-state index contributed by atoms with van der Waals surface area (Å²) in [6.07, 6.45) is 0.580. The largest absolute Gasteiger partial charge is 0.493 e. The lowest BCUT2D eigenvalue weighted by atomic mass is 9.97. The predicted molar refractivity (Wildman–Crippen MR) is 123 cm³/mol. The van der Waals surface area contributed by atoms with Crippen LogP contribution in [0.15, 0.2) is 39.5 Å². The van der Waals surface area contributed by atoms with Crippen molar-refractivity contribution in [2.45, 2.75) is 12.5 Å². The molecule has 2 heterocycles. The van der Waals surface area contributed by atoms with Gasteiger partial charge in [0.2, 0.25) is 11.5 Å². The van der Waals surface area contributed by atoms with Gasteiger partial charge in [-0.1, -0.05) is 11.6 Å². The lowest BCUT2D eigenvalue weighted by molar-refractivity contribution is 0.0707. The van der Waals surface area contributed by atoms with Crippen molar-refractivity contribution < 1.29 is 28.2 Å². The number of amides is 1. The number of rotatable bonds is 8. The summed E-state index contributed by atoms with van der Waals surface area (Å²) in [6.45, 7) is 0.815. The Morgan fingerprint density at radius 3 is 2.30 bits per heavy atom. The van der Waals surface area contributed by atoms with Gasteiger partial charge in [0.25, 0.3) is 5.91 Å². The second-order valence-corrected chi connectivity index (χ2v) is 7.96. The Morgan fingerprint density at radius 2 is 1.70 bits per heavy atom. The fraction of sp³-hybridized carbons (Fsp3) is 0.333. The van der Waals surface area contributed by atoms with Crippen LogP contribution in [0.1, 0.15) is 34.1 Å². The van der Waals surface area contributed by atoms with Crippen molar-refractivity contribution in [1.82, 2.24) is 4.90 Å². The molecule has 33 heavy (non-hydrogen) atoms. The van der Waals surface area contributed by atoms with Gasteiger partial charge in [0.15, 0.2) is 16.9 Å². The minimum Gasteiger partial charge on any atom is -0.493 e. The number of carbonyl (C=O) groups excluding carboxylic acids is 1. The standard InChI is InChI=1S/C24H24ClNO7/c1-29-9-5-8-26-20(13-10-17(30-2)22(32-4)18(11-13)31-3)19-21(27)15-12-14(25)6-7-16(15)33-23(19)24(26)28/h6-7,10-12,20H,5,8-9H2,1-4H3/t20-/m1/s1. The van der Waals surface area contributed by atoms with Gasteiger partial charge >= 0.3 is 0 Å². The molecule has 3 aromatic rings. The van der Waals surface area contributed by atoms with Gasteiger partial charge in [0.1, 0.15) is 5.58 Å². The molecule has 1 aromatic heterocycles. The highest BCUT2D eigenvalue weighted by Crippen LogP contribution is 2.45. The number of methoxy groups -OCH3 is 4. The molecule has 0 unspecified atom stereocenters. The molecule has 0 radical (unpaired) electrons. The van der Waals surface area contributed by atoms with E-state index in [-0.39, 0.29) is 22.7 Å². The Labute approximate surface area is 195 Å². The number of benzene rings is 2. The van der Waals surface area contributed by atoms with Gasteiger partial charge in [0, 0.05) is 25.3 Å². The van der Waals surface area contributed by atoms with E-state index in [4.69, 9.17) is 35.0 Å². The Hall–Kier alpha value is -3.23. The molecule has 0 spiro atoms. The maximum Gasteiger partial charge on any atom is 0.290 e. The summed E-state index contributed by atoms with van der Waals surface area (Å²) in [6, 6.07) is 7.52. The highest BCUT2D eigenvalue weighted by Gasteiger charge is 2.43. The minimum absolute atomic E-state index is 0.0194. The van der Waals surface area contributed by atoms with E-state index in [1.54, 1.807) is 42.3 Å². The quantitative estimate of drug-likeness (QED) is 0.456. The number of fused-ring (bicyclic) bond motifs is 2. The van der Waals surface area contributed by atoms with Gasteiger partial charge in [-0.3, -0.25) is 9.59 Å². The number of nitrogens with zero attached hydrogens (tertiary/aromatic N) is 1. The number of ether oxygens (including phenoxy) is 4. The van der Waals surface area contributed by atoms with E-state index in [2.05, 4.69) is 0 Å². The number of hydrogen-bond acceptors (Lipinski definition) is 7. The summed E-state index contributed by atoms with van der Waals surface area (Å²) in [7, 11) is 6.12. The van der Waals surface area contributed by atoms with E-state index in [1.807, 2.05) is 0 Å². The average Bonchev–Trinajstić information content (AvgIpc) is 3.10. The average molecular weight is 474 g/mol. The number of hydrogen-bond donors (Lipinski definition) is 0. The third kappa shape index (κ3) is 3.89. The van der Waals surface area contributed by atoms with Crippen molar-refractivity contribution >= 4 is 28.5 Å². The molecule has 0 saturated carbocycles. The molecule has 0 aliphatic carbocycles. The van der Waals surface area contributed by atoms with Crippen molar-refractivity contribution in [3.05, 3.63) is 62.5 Å². The molecular weight excluding hydrogens is 450 g/mol. The Morgan fingerprint density at radius 1 is 1.00 bits per heavy atom. The normalized spacial score (nSPS) is 15.1. The number of halogens is 1. The molecule has 4 rings (SSSR count). The van der Waals surface area contributed by atoms with E-state index in [0.717, 1.165) is 0 Å². The lowest BCUT2D eigenvalue weighted by Gasteiger charge is -2.26. The summed E-state index contributed by atoms with van der Waals surface area (Å²) in [5.41, 5.74) is 0.873. The van der Waals surface area contributed by atoms with Crippen LogP contribution in [-0.4, -0.2) is 52.4 Å². The van der Waals surface area contributed by atoms with Crippen LogP contribution in [0.4, 0.5) is 0 Å². The van der Waals surface area contributed by atoms with E-state index < -0.39 is 6.04 Å². The third-order valence-corrected chi connectivity index (χ3v) is 5.91. The molecule has 1 aliphatic heterocycles. The minimum atomic E-state index is -0.710. The summed E-state index contributed by atoms with van der Waals surface area (Å²) in [5.74, 6) is 0.895. The Balaban J connectivity index is 1.97. The number of carbonyl (C=O) groups is 1. The SMILES string of the molecule is COCCCN1C(=O)c2oc3ccc(Cl)cc3c(=O)c2[C@H]1c1cc(OC)c(OC)c(OC)c1. The molecule has 1 amide bonds. The molecule has 2 aromatic carbocycles. The molecule has 0 N–H and O–H groups in total. The van der Waals surface area contributed by atoms with Crippen LogP contribution in [0.5, 0.6) is 17.2 Å². The molecule has 174 valence electrons. The molecule has 0 saturated heterocycles. The van der Waals surface area contributed by atoms with Crippen LogP contribution >= 0.6 is 11.6 Å². The first kappa shape index (κ1) is 22.9. The van der Waals surface area contributed by atoms with Crippen molar-refractivity contribution in [2.24, 2.45) is 0 Å². The van der Waals surface area contributed by atoms with E-state index in [1.165, 1.54) is 21.3 Å². The Bertz CT molecular complexity index is 1240. The van der Waals surface area contributed by atoms with Crippen LogP contribution in [0.25, 0.3) is 11.0 Å². The fourth-order valence-electron chi connectivity index (χ4n) is 4.21. The van der Waals surface area contributed by atoms with Crippen molar-refractivity contribution in [3.63, 3.8) is 0 Å². The highest BCUT2D eigenvalue weighted by atomic mass is 35.5. The van der Waals surface area contributed by atoms with Crippen LogP contribution in [0.3, 0.4) is 0 Å². The van der Waals surface area contributed by atoms with Gasteiger partial charge in [0.05, 0.1) is 38.3 Å². The first-order valence-corrected chi connectivity index (χ1v) is 10.7. The van der Waals surface area contributed by atoms with Gasteiger partial charge in [-0.05, 0) is 42.3 Å². The van der Waals surface area contributed by atoms with Crippen LogP contribution in [0, 0.1) is 0 Å². The summed E-state index contributed by atoms with van der Waals surface area (Å²) >= 11 is 6.13. The monoisotopic (exact) mass is 473 g/mol. The van der Waals surface area contributed by atoms with E-state index >= 15 is 0 Å². The van der Waals surface area contributed by atoms with Crippen LogP contribution in [0.2, 0.25) is 5.02 Å². The van der Waals surface area contributed by atoms with Crippen molar-refractivity contribution in [2.75, 3.05) is 41.6 Å². The summed E-state index contributed by atoms with van der Waals surface area (Å²) < 4.78 is 27.5. The predicted octanol–water partition coefficient (Wildman–Crippen LogP) is 4.05. The van der Waals surface area contributed by atoms with Gasteiger partial charge in [-0.25, -0.2) is 0 Å². The summed E-state index contributed by atoms with van der Waals surface area (Å²) in [4.78, 5) is 28.6. The molecule has 9 heteroatoms. The molecule has 0 fully saturated rings. The first-order valence-electron chi connectivity index (χ1n) is 10.3. The fourth-order valence-corrected chi connectivity index (χ4v) is 4.38. The molecule has 1 atom stereocenters. The maximum atomic E-state index is 13.6. The van der Waals surface area contributed by atoms with Gasteiger partial charge < -0.3 is 28.3 Å². The zero-order valence-corrected chi connectivity index (χ0v) is 19.5. The van der Waals surface area contributed by atoms with E-state index in [9.17, 15) is 9.59 Å². The maximum absolute atomic E-state index is 13.6. The summed E-state index contributed by atoms with van der Waals surface area (Å²) in [5, 5.41) is 0.714. The highest BCUT2D eigenvalue weighted by molar-refractivity contribution is 6.31. The second-order valence-electron chi connectivity index (χ2n) is 7.52. The van der Waals surface area contributed by atoms with E-state index in [0.29, 0.717) is 58.4 Å². The second kappa shape index (κ2) is 9.33. The Kier molecular flexibility index (Phi) is 6.49. The van der Waals surface area contributed by atoms with Crippen LogP contribution < -0.4 is 19.6 Å². The smallest absolute Gasteiger partial charge is 0.290 e. The molecule has 0 bridgehead atoms. The first-order chi connectivity index (χ1) is 15.9.